The van der Waals surface area contributed by atoms with Crippen molar-refractivity contribution in [1.29, 1.82) is 0 Å². The maximum Gasteiger partial charge on any atom is 0.336 e. The first-order valence-electron chi connectivity index (χ1n) is 8.22. The molecule has 0 unspecified atom stereocenters. The van der Waals surface area contributed by atoms with E-state index in [2.05, 4.69) is 0 Å². The molecule has 1 fully saturated rings. The van der Waals surface area contributed by atoms with E-state index in [0.717, 1.165) is 5.56 Å². The van der Waals surface area contributed by atoms with Gasteiger partial charge in [0.15, 0.2) is 6.61 Å². The molecule has 1 atom stereocenters. The number of halogens is 1. The van der Waals surface area contributed by atoms with E-state index < -0.39 is 17.5 Å². The topological polar surface area (TPSA) is 97.0 Å². The van der Waals surface area contributed by atoms with Crippen molar-refractivity contribution in [3.63, 3.8) is 0 Å². The minimum Gasteiger partial charge on any atom is -0.482 e. The number of rotatable bonds is 4. The molecule has 3 rings (SSSR count). The number of amides is 1. The number of hydrogen-bond donors (Lipinski definition) is 1. The Labute approximate surface area is 154 Å². The number of hydrogen-bond acceptors (Lipinski definition) is 5. The Balaban J connectivity index is 1.73. The highest BCUT2D eigenvalue weighted by molar-refractivity contribution is 6.32. The van der Waals surface area contributed by atoms with Gasteiger partial charge in [-0.15, -0.1) is 0 Å². The van der Waals surface area contributed by atoms with Crippen LogP contribution < -0.4 is 10.4 Å². The highest BCUT2D eigenvalue weighted by atomic mass is 35.5. The normalized spacial score (nSPS) is 17.3. The van der Waals surface area contributed by atoms with Crippen LogP contribution in [0.3, 0.4) is 0 Å². The van der Waals surface area contributed by atoms with Crippen LogP contribution in [-0.2, 0) is 9.59 Å². The lowest BCUT2D eigenvalue weighted by atomic mass is 9.98. The lowest BCUT2D eigenvalue weighted by molar-refractivity contribution is -0.146. The zero-order valence-electron chi connectivity index (χ0n) is 14.2. The van der Waals surface area contributed by atoms with Crippen molar-refractivity contribution in [3.05, 3.63) is 39.2 Å². The fraction of sp³-hybridized carbons (Fsp3) is 0.389. The zero-order valence-corrected chi connectivity index (χ0v) is 14.9. The number of fused-ring (bicyclic) bond motifs is 1. The largest absolute Gasteiger partial charge is 0.482 e. The molecule has 1 N–H and O–H groups in total. The number of carboxylic acid groups (broad SMARTS) is 1. The summed E-state index contributed by atoms with van der Waals surface area (Å²) in [6, 6.07) is 4.48. The number of piperidine rings is 1. The van der Waals surface area contributed by atoms with Gasteiger partial charge in [-0.25, -0.2) is 4.79 Å². The van der Waals surface area contributed by atoms with Crippen LogP contribution in [0.5, 0.6) is 5.75 Å². The zero-order chi connectivity index (χ0) is 18.8. The Bertz CT molecular complexity index is 922. The average molecular weight is 380 g/mol. The molecule has 138 valence electrons. The monoisotopic (exact) mass is 379 g/mol. The summed E-state index contributed by atoms with van der Waals surface area (Å²) in [7, 11) is 0. The number of carbonyl (C=O) groups is 2. The molecule has 2 aromatic rings. The highest BCUT2D eigenvalue weighted by Gasteiger charge is 2.28. The van der Waals surface area contributed by atoms with Crippen LogP contribution >= 0.6 is 11.6 Å². The van der Waals surface area contributed by atoms with E-state index >= 15 is 0 Å². The third-order valence-corrected chi connectivity index (χ3v) is 4.77. The smallest absolute Gasteiger partial charge is 0.336 e. The van der Waals surface area contributed by atoms with Gasteiger partial charge in [0.2, 0.25) is 0 Å². The lowest BCUT2D eigenvalue weighted by Crippen LogP contribution is -2.44. The van der Waals surface area contributed by atoms with Gasteiger partial charge in [0.25, 0.3) is 5.91 Å². The molecule has 1 aromatic heterocycles. The molecular formula is C18H18ClNO6. The van der Waals surface area contributed by atoms with Gasteiger partial charge in [0.05, 0.1) is 10.9 Å². The molecule has 26 heavy (non-hydrogen) atoms. The summed E-state index contributed by atoms with van der Waals surface area (Å²) < 4.78 is 10.6. The van der Waals surface area contributed by atoms with E-state index in [4.69, 9.17) is 25.9 Å². The first-order chi connectivity index (χ1) is 12.3. The standard InChI is InChI=1S/C18H18ClNO6/c1-10-5-17(22)26-14-7-15(13(19)6-12(10)14)25-9-16(21)20-4-2-3-11(8-20)18(23)24/h5-7,11H,2-4,8-9H2,1H3,(H,23,24)/t11-/m1/s1. The van der Waals surface area contributed by atoms with E-state index in [1.807, 2.05) is 0 Å². The number of carboxylic acids is 1. The van der Waals surface area contributed by atoms with Crippen LogP contribution in [0, 0.1) is 12.8 Å². The van der Waals surface area contributed by atoms with Gasteiger partial charge in [-0.05, 0) is 31.4 Å². The van der Waals surface area contributed by atoms with Crippen molar-refractivity contribution in [2.45, 2.75) is 19.8 Å². The molecule has 8 heteroatoms. The Kier molecular flexibility index (Phi) is 5.18. The molecule has 0 spiro atoms. The van der Waals surface area contributed by atoms with Crippen molar-refractivity contribution in [1.82, 2.24) is 4.90 Å². The third kappa shape index (κ3) is 3.83. The number of ether oxygens (including phenoxy) is 1. The second-order valence-corrected chi connectivity index (χ2v) is 6.74. The molecule has 1 aromatic carbocycles. The molecule has 2 heterocycles. The van der Waals surface area contributed by atoms with E-state index in [-0.39, 0.29) is 24.8 Å². The van der Waals surface area contributed by atoms with E-state index in [1.165, 1.54) is 17.0 Å². The van der Waals surface area contributed by atoms with Crippen LogP contribution in [0.2, 0.25) is 5.02 Å². The van der Waals surface area contributed by atoms with Crippen molar-refractivity contribution < 1.29 is 23.8 Å². The highest BCUT2D eigenvalue weighted by Crippen LogP contribution is 2.31. The number of likely N-dealkylation sites (tertiary alicyclic amines) is 1. The average Bonchev–Trinajstić information content (AvgIpc) is 2.60. The molecule has 0 aliphatic carbocycles. The fourth-order valence-electron chi connectivity index (χ4n) is 3.07. The van der Waals surface area contributed by atoms with Crippen LogP contribution in [0.25, 0.3) is 11.0 Å². The van der Waals surface area contributed by atoms with Crippen molar-refractivity contribution in [2.75, 3.05) is 19.7 Å². The Morgan fingerprint density at radius 1 is 1.38 bits per heavy atom. The molecule has 0 saturated carbocycles. The SMILES string of the molecule is Cc1cc(=O)oc2cc(OCC(=O)N3CCC[C@@H](C(=O)O)C3)c(Cl)cc12. The molecule has 0 radical (unpaired) electrons. The summed E-state index contributed by atoms with van der Waals surface area (Å²) in [5, 5.41) is 10.1. The van der Waals surface area contributed by atoms with Crippen molar-refractivity contribution in [3.8, 4) is 5.75 Å². The fourth-order valence-corrected chi connectivity index (χ4v) is 3.28. The van der Waals surface area contributed by atoms with Gasteiger partial charge in [-0.2, -0.15) is 0 Å². The van der Waals surface area contributed by atoms with E-state index in [1.54, 1.807) is 13.0 Å². The summed E-state index contributed by atoms with van der Waals surface area (Å²) in [5.41, 5.74) is 0.576. The maximum absolute atomic E-state index is 12.3. The summed E-state index contributed by atoms with van der Waals surface area (Å²) in [6.45, 7) is 2.19. The van der Waals surface area contributed by atoms with Crippen molar-refractivity contribution >= 4 is 34.4 Å². The molecule has 1 aliphatic heterocycles. The second-order valence-electron chi connectivity index (χ2n) is 6.33. The van der Waals surface area contributed by atoms with E-state index in [9.17, 15) is 14.4 Å². The van der Waals surface area contributed by atoms with Gasteiger partial charge in [0.1, 0.15) is 11.3 Å². The number of nitrogens with zero attached hydrogens (tertiary/aromatic N) is 1. The van der Waals surface area contributed by atoms with Crippen molar-refractivity contribution in [2.24, 2.45) is 5.92 Å². The van der Waals surface area contributed by atoms with Gasteiger partial charge in [0, 0.05) is 30.6 Å². The third-order valence-electron chi connectivity index (χ3n) is 4.48. The minimum atomic E-state index is -0.897. The summed E-state index contributed by atoms with van der Waals surface area (Å²) in [4.78, 5) is 36.4. The Hall–Kier alpha value is -2.54. The van der Waals surface area contributed by atoms with Crippen LogP contribution in [-0.4, -0.2) is 41.6 Å². The van der Waals surface area contributed by atoms with Crippen LogP contribution in [0.1, 0.15) is 18.4 Å². The Morgan fingerprint density at radius 2 is 2.15 bits per heavy atom. The number of benzene rings is 1. The predicted molar refractivity (Wildman–Crippen MR) is 94.7 cm³/mol. The molecule has 1 amide bonds. The summed E-state index contributed by atoms with van der Waals surface area (Å²) in [6.07, 6.45) is 1.21. The first kappa shape index (κ1) is 18.3. The minimum absolute atomic E-state index is 0.178. The van der Waals surface area contributed by atoms with Gasteiger partial charge < -0.3 is 19.2 Å². The van der Waals surface area contributed by atoms with Gasteiger partial charge in [-0.3, -0.25) is 9.59 Å². The number of aliphatic carboxylic acids is 1. The second kappa shape index (κ2) is 7.37. The molecule has 1 saturated heterocycles. The molecule has 0 bridgehead atoms. The van der Waals surface area contributed by atoms with Gasteiger partial charge in [-0.1, -0.05) is 11.6 Å². The van der Waals surface area contributed by atoms with Crippen LogP contribution in [0.4, 0.5) is 0 Å². The van der Waals surface area contributed by atoms with Crippen LogP contribution in [0.15, 0.2) is 27.4 Å². The van der Waals surface area contributed by atoms with Gasteiger partial charge >= 0.3 is 11.6 Å². The lowest BCUT2D eigenvalue weighted by Gasteiger charge is -2.30. The maximum atomic E-state index is 12.3. The number of aryl methyl sites for hydroxylation is 1. The first-order valence-corrected chi connectivity index (χ1v) is 8.60. The summed E-state index contributed by atoms with van der Waals surface area (Å²) in [5.74, 6) is -1.52. The quantitative estimate of drug-likeness (QED) is 0.819. The molecule has 1 aliphatic rings. The predicted octanol–water partition coefficient (Wildman–Crippen LogP) is 2.46. The summed E-state index contributed by atoms with van der Waals surface area (Å²) >= 11 is 6.20. The Morgan fingerprint density at radius 3 is 2.88 bits per heavy atom. The van der Waals surface area contributed by atoms with E-state index in [0.29, 0.717) is 35.4 Å². The molecule has 7 nitrogen and oxygen atoms in total. The number of carbonyl (C=O) groups excluding carboxylic acids is 1. The molecular weight excluding hydrogens is 362 g/mol.